The van der Waals surface area contributed by atoms with Crippen LogP contribution in [0.5, 0.6) is 0 Å². The molecule has 94 valence electrons. The molecule has 1 aliphatic rings. The van der Waals surface area contributed by atoms with E-state index < -0.39 is 0 Å². The number of hydrogen-bond donors (Lipinski definition) is 0. The molecule has 0 saturated carbocycles. The van der Waals surface area contributed by atoms with E-state index in [-0.39, 0.29) is 11.2 Å². The normalized spacial score (nSPS) is 26.8. The molecule has 2 rings (SSSR count). The molecule has 0 radical (unpaired) electrons. The summed E-state index contributed by atoms with van der Waals surface area (Å²) >= 11 is 0. The summed E-state index contributed by atoms with van der Waals surface area (Å²) in [4.78, 5) is 2.39. The molecule has 1 heterocycles. The summed E-state index contributed by atoms with van der Waals surface area (Å²) in [6, 6.07) is 7.19. The summed E-state index contributed by atoms with van der Waals surface area (Å²) < 4.78 is 13.4. The average molecular weight is 235 g/mol. The zero-order chi connectivity index (χ0) is 12.3. The number of benzene rings is 1. The van der Waals surface area contributed by atoms with Crippen LogP contribution in [0.15, 0.2) is 24.3 Å². The first-order valence-electron chi connectivity index (χ1n) is 6.61. The highest BCUT2D eigenvalue weighted by molar-refractivity contribution is 5.27. The van der Waals surface area contributed by atoms with Crippen LogP contribution in [-0.4, -0.2) is 25.0 Å². The Morgan fingerprint density at radius 3 is 2.88 bits per heavy atom. The Morgan fingerprint density at radius 1 is 1.35 bits per heavy atom. The molecule has 2 heteroatoms. The van der Waals surface area contributed by atoms with Crippen molar-refractivity contribution in [3.8, 4) is 0 Å². The van der Waals surface area contributed by atoms with Gasteiger partial charge < -0.3 is 4.90 Å². The first-order valence-corrected chi connectivity index (χ1v) is 6.61. The highest BCUT2D eigenvalue weighted by Crippen LogP contribution is 2.36. The second-order valence-electron chi connectivity index (χ2n) is 5.34. The molecule has 0 spiro atoms. The Morgan fingerprint density at radius 2 is 2.18 bits per heavy atom. The zero-order valence-corrected chi connectivity index (χ0v) is 10.9. The number of likely N-dealkylation sites (tertiary alicyclic amines) is 1. The van der Waals surface area contributed by atoms with Crippen molar-refractivity contribution in [2.75, 3.05) is 20.1 Å². The predicted molar refractivity (Wildman–Crippen MR) is 69.7 cm³/mol. The van der Waals surface area contributed by atoms with Crippen LogP contribution in [0, 0.1) is 5.82 Å². The maximum Gasteiger partial charge on any atom is 0.123 e. The summed E-state index contributed by atoms with van der Waals surface area (Å²) in [5.74, 6) is -0.109. The van der Waals surface area contributed by atoms with E-state index in [0.29, 0.717) is 0 Å². The molecular weight excluding hydrogens is 213 g/mol. The topological polar surface area (TPSA) is 3.24 Å². The van der Waals surface area contributed by atoms with Crippen LogP contribution in [0.3, 0.4) is 0 Å². The fourth-order valence-corrected chi connectivity index (χ4v) is 3.07. The van der Waals surface area contributed by atoms with E-state index in [2.05, 4.69) is 24.9 Å². The third kappa shape index (κ3) is 2.68. The molecule has 0 N–H and O–H groups in total. The minimum absolute atomic E-state index is 0.109. The van der Waals surface area contributed by atoms with Gasteiger partial charge in [-0.15, -0.1) is 0 Å². The van der Waals surface area contributed by atoms with E-state index in [0.717, 1.165) is 19.5 Å². The molecule has 0 bridgehead atoms. The van der Waals surface area contributed by atoms with Gasteiger partial charge in [-0.1, -0.05) is 25.5 Å². The average Bonchev–Trinajstić information content (AvgIpc) is 2.52. The van der Waals surface area contributed by atoms with Crippen molar-refractivity contribution in [2.45, 2.75) is 38.0 Å². The Hall–Kier alpha value is -0.890. The molecule has 1 aromatic rings. The highest BCUT2D eigenvalue weighted by atomic mass is 19.1. The molecule has 0 amide bonds. The van der Waals surface area contributed by atoms with Gasteiger partial charge >= 0.3 is 0 Å². The van der Waals surface area contributed by atoms with E-state index in [1.54, 1.807) is 6.07 Å². The third-order valence-electron chi connectivity index (χ3n) is 4.13. The minimum Gasteiger partial charge on any atom is -0.305 e. The number of likely N-dealkylation sites (N-methyl/N-ethyl adjacent to an activating group) is 1. The van der Waals surface area contributed by atoms with Crippen molar-refractivity contribution in [3.05, 3.63) is 35.6 Å². The zero-order valence-electron chi connectivity index (χ0n) is 10.9. The number of halogens is 1. The fourth-order valence-electron chi connectivity index (χ4n) is 3.07. The third-order valence-corrected chi connectivity index (χ3v) is 4.13. The molecule has 17 heavy (non-hydrogen) atoms. The summed E-state index contributed by atoms with van der Waals surface area (Å²) in [6.45, 7) is 4.44. The molecule has 1 atom stereocenters. The van der Waals surface area contributed by atoms with Gasteiger partial charge in [-0.3, -0.25) is 0 Å². The van der Waals surface area contributed by atoms with E-state index >= 15 is 0 Å². The largest absolute Gasteiger partial charge is 0.305 e. The first kappa shape index (κ1) is 12.6. The lowest BCUT2D eigenvalue weighted by atomic mass is 9.74. The van der Waals surface area contributed by atoms with Crippen molar-refractivity contribution in [1.29, 1.82) is 0 Å². The van der Waals surface area contributed by atoms with Gasteiger partial charge in [-0.05, 0) is 50.6 Å². The molecule has 1 nitrogen and oxygen atoms in total. The second-order valence-corrected chi connectivity index (χ2v) is 5.34. The lowest BCUT2D eigenvalue weighted by molar-refractivity contribution is 0.256. The molecular formula is C15H22FN. The van der Waals surface area contributed by atoms with Crippen molar-refractivity contribution >= 4 is 0 Å². The first-order chi connectivity index (χ1) is 8.16. The van der Waals surface area contributed by atoms with Gasteiger partial charge in [0.25, 0.3) is 0 Å². The van der Waals surface area contributed by atoms with Gasteiger partial charge in [-0.2, -0.15) is 0 Å². The maximum atomic E-state index is 13.4. The second kappa shape index (κ2) is 5.18. The van der Waals surface area contributed by atoms with Crippen LogP contribution in [0.1, 0.15) is 38.2 Å². The quantitative estimate of drug-likeness (QED) is 0.757. The molecule has 1 aliphatic heterocycles. The summed E-state index contributed by atoms with van der Waals surface area (Å²) in [6.07, 6.45) is 4.76. The molecule has 0 aromatic heterocycles. The lowest BCUT2D eigenvalue weighted by Gasteiger charge is -2.35. The van der Waals surface area contributed by atoms with Gasteiger partial charge in [0.15, 0.2) is 0 Å². The van der Waals surface area contributed by atoms with Crippen LogP contribution in [0.4, 0.5) is 4.39 Å². The lowest BCUT2D eigenvalue weighted by Crippen LogP contribution is -2.37. The highest BCUT2D eigenvalue weighted by Gasteiger charge is 2.33. The van der Waals surface area contributed by atoms with E-state index in [9.17, 15) is 4.39 Å². The maximum absolute atomic E-state index is 13.4. The van der Waals surface area contributed by atoms with Crippen LogP contribution in [0.2, 0.25) is 0 Å². The van der Waals surface area contributed by atoms with E-state index in [1.807, 2.05) is 6.07 Å². The van der Waals surface area contributed by atoms with Crippen molar-refractivity contribution in [3.63, 3.8) is 0 Å². The van der Waals surface area contributed by atoms with Crippen LogP contribution in [0.25, 0.3) is 0 Å². The standard InChI is InChI=1S/C15H22FN/c1-3-15(9-4-5-10-17(2)12-15)13-7-6-8-14(16)11-13/h6-8,11H,3-5,9-10,12H2,1-2H3. The fraction of sp³-hybridized carbons (Fsp3) is 0.600. The molecule has 1 saturated heterocycles. The number of rotatable bonds is 2. The minimum atomic E-state index is -0.109. The van der Waals surface area contributed by atoms with Gasteiger partial charge in [-0.25, -0.2) is 4.39 Å². The SMILES string of the molecule is CCC1(c2cccc(F)c2)CCCCN(C)C1. The van der Waals surface area contributed by atoms with Crippen molar-refractivity contribution < 1.29 is 4.39 Å². The van der Waals surface area contributed by atoms with Gasteiger partial charge in [0.1, 0.15) is 5.82 Å². The Balaban J connectivity index is 2.34. The number of hydrogen-bond acceptors (Lipinski definition) is 1. The molecule has 0 aliphatic carbocycles. The van der Waals surface area contributed by atoms with Crippen LogP contribution < -0.4 is 0 Å². The molecule has 1 fully saturated rings. The smallest absolute Gasteiger partial charge is 0.123 e. The Bertz CT molecular complexity index is 377. The van der Waals surface area contributed by atoms with Gasteiger partial charge in [0.2, 0.25) is 0 Å². The van der Waals surface area contributed by atoms with Crippen molar-refractivity contribution in [1.82, 2.24) is 4.90 Å². The summed E-state index contributed by atoms with van der Waals surface area (Å²) in [5.41, 5.74) is 1.32. The molecule has 1 aromatic carbocycles. The predicted octanol–water partition coefficient (Wildman–Crippen LogP) is 3.59. The number of nitrogens with zero attached hydrogens (tertiary/aromatic N) is 1. The molecule has 1 unspecified atom stereocenters. The van der Waals surface area contributed by atoms with E-state index in [1.165, 1.54) is 30.9 Å². The van der Waals surface area contributed by atoms with Crippen molar-refractivity contribution in [2.24, 2.45) is 0 Å². The summed E-state index contributed by atoms with van der Waals surface area (Å²) in [5, 5.41) is 0. The Labute approximate surface area is 104 Å². The van der Waals surface area contributed by atoms with Gasteiger partial charge in [0.05, 0.1) is 0 Å². The van der Waals surface area contributed by atoms with Gasteiger partial charge in [0, 0.05) is 12.0 Å². The summed E-state index contributed by atoms with van der Waals surface area (Å²) in [7, 11) is 2.18. The van der Waals surface area contributed by atoms with E-state index in [4.69, 9.17) is 0 Å². The van der Waals surface area contributed by atoms with Crippen LogP contribution in [-0.2, 0) is 5.41 Å². The van der Waals surface area contributed by atoms with Crippen LogP contribution >= 0.6 is 0 Å². The monoisotopic (exact) mass is 235 g/mol. The Kier molecular flexibility index (Phi) is 3.82.